The molecule has 0 bridgehead atoms. The van der Waals surface area contributed by atoms with E-state index < -0.39 is 11.9 Å². The van der Waals surface area contributed by atoms with E-state index in [2.05, 4.69) is 20.1 Å². The highest BCUT2D eigenvalue weighted by molar-refractivity contribution is 5.78. The second-order valence-electron chi connectivity index (χ2n) is 5.08. The van der Waals surface area contributed by atoms with Crippen LogP contribution in [0.4, 0.5) is 19.0 Å². The van der Waals surface area contributed by atoms with Crippen molar-refractivity contribution in [3.63, 3.8) is 0 Å². The number of aromatic nitrogens is 5. The first kappa shape index (κ1) is 14.4. The van der Waals surface area contributed by atoms with Gasteiger partial charge in [0.05, 0.1) is 11.0 Å². The van der Waals surface area contributed by atoms with E-state index in [-0.39, 0.29) is 22.7 Å². The number of nitrogen functional groups attached to an aromatic ring is 1. The van der Waals surface area contributed by atoms with Gasteiger partial charge in [-0.3, -0.25) is 0 Å². The lowest BCUT2D eigenvalue weighted by Crippen LogP contribution is -2.12. The number of nitrogens with two attached hydrogens (primary N) is 1. The Kier molecular flexibility index (Phi) is 2.92. The number of benzene rings is 1. The first-order chi connectivity index (χ1) is 11.4. The van der Waals surface area contributed by atoms with Gasteiger partial charge in [-0.1, -0.05) is 12.1 Å². The molecular formula is C15H9F3N6. The van der Waals surface area contributed by atoms with E-state index in [9.17, 15) is 13.2 Å². The topological polar surface area (TPSA) is 82.0 Å². The van der Waals surface area contributed by atoms with Crippen LogP contribution < -0.4 is 5.73 Å². The van der Waals surface area contributed by atoms with Crippen molar-refractivity contribution in [3.8, 4) is 11.4 Å². The molecule has 3 aromatic heterocycles. The number of rotatable bonds is 1. The number of nitrogens with zero attached hydrogens (tertiary/aromatic N) is 5. The van der Waals surface area contributed by atoms with Crippen molar-refractivity contribution in [2.75, 3.05) is 5.73 Å². The van der Waals surface area contributed by atoms with E-state index in [1.165, 1.54) is 28.9 Å². The summed E-state index contributed by atoms with van der Waals surface area (Å²) in [4.78, 5) is 11.9. The maximum Gasteiger partial charge on any atom is 0.435 e. The van der Waals surface area contributed by atoms with Gasteiger partial charge >= 0.3 is 6.18 Å². The minimum absolute atomic E-state index is 0.00554. The largest absolute Gasteiger partial charge is 0.435 e. The molecule has 0 atom stereocenters. The quantitative estimate of drug-likeness (QED) is 0.580. The summed E-state index contributed by atoms with van der Waals surface area (Å²) >= 11 is 0. The van der Waals surface area contributed by atoms with Crippen molar-refractivity contribution in [2.24, 2.45) is 0 Å². The number of para-hydroxylation sites is 2. The second kappa shape index (κ2) is 4.88. The smallest absolute Gasteiger partial charge is 0.384 e. The van der Waals surface area contributed by atoms with Crippen LogP contribution in [-0.4, -0.2) is 24.6 Å². The van der Waals surface area contributed by atoms with Crippen molar-refractivity contribution in [1.82, 2.24) is 24.6 Å². The maximum absolute atomic E-state index is 13.4. The summed E-state index contributed by atoms with van der Waals surface area (Å²) in [5, 5.41) is 4.09. The second-order valence-corrected chi connectivity index (χ2v) is 5.08. The molecule has 0 unspecified atom stereocenters. The molecule has 0 aliphatic carbocycles. The van der Waals surface area contributed by atoms with Crippen LogP contribution in [0.5, 0.6) is 0 Å². The maximum atomic E-state index is 13.4. The molecule has 4 aromatic rings. The van der Waals surface area contributed by atoms with Crippen molar-refractivity contribution in [3.05, 3.63) is 48.3 Å². The lowest BCUT2D eigenvalue weighted by molar-refractivity contribution is -0.140. The Morgan fingerprint density at radius 1 is 1.00 bits per heavy atom. The molecule has 0 radical (unpaired) electrons. The Labute approximate surface area is 132 Å². The minimum atomic E-state index is -4.67. The van der Waals surface area contributed by atoms with Crippen LogP contribution in [-0.2, 0) is 6.18 Å². The van der Waals surface area contributed by atoms with Gasteiger partial charge in [0.25, 0.3) is 0 Å². The number of fused-ring (bicyclic) bond motifs is 2. The molecule has 0 aliphatic rings. The molecule has 24 heavy (non-hydrogen) atoms. The van der Waals surface area contributed by atoms with Crippen LogP contribution in [0.1, 0.15) is 5.69 Å². The molecule has 3 heterocycles. The summed E-state index contributed by atoms with van der Waals surface area (Å²) in [6.45, 7) is 0. The van der Waals surface area contributed by atoms with Crippen LogP contribution in [0, 0.1) is 0 Å². The molecule has 0 fully saturated rings. The zero-order valence-corrected chi connectivity index (χ0v) is 12.0. The zero-order valence-electron chi connectivity index (χ0n) is 12.0. The van der Waals surface area contributed by atoms with Gasteiger partial charge in [0.15, 0.2) is 11.3 Å². The Morgan fingerprint density at radius 3 is 2.38 bits per heavy atom. The molecule has 1 aromatic carbocycles. The van der Waals surface area contributed by atoms with E-state index in [1.807, 2.05) is 0 Å². The molecule has 9 heteroatoms. The average Bonchev–Trinajstić information content (AvgIpc) is 2.98. The summed E-state index contributed by atoms with van der Waals surface area (Å²) in [6.07, 6.45) is -3.21. The SMILES string of the molecule is Nc1ccnc2cc(-c3nc4ccccc4nc3C(F)(F)F)nn12. The third-order valence-electron chi connectivity index (χ3n) is 3.47. The number of halogens is 3. The molecule has 6 nitrogen and oxygen atoms in total. The third kappa shape index (κ3) is 2.21. The van der Waals surface area contributed by atoms with Gasteiger partial charge in [0.1, 0.15) is 17.2 Å². The molecule has 0 spiro atoms. The molecule has 0 aliphatic heterocycles. The summed E-state index contributed by atoms with van der Waals surface area (Å²) in [5.74, 6) is 0.258. The highest BCUT2D eigenvalue weighted by atomic mass is 19.4. The fourth-order valence-corrected chi connectivity index (χ4v) is 2.41. The van der Waals surface area contributed by atoms with Gasteiger partial charge < -0.3 is 5.73 Å². The summed E-state index contributed by atoms with van der Waals surface area (Å²) in [7, 11) is 0. The first-order valence-corrected chi connectivity index (χ1v) is 6.88. The van der Waals surface area contributed by atoms with E-state index in [1.54, 1.807) is 18.2 Å². The van der Waals surface area contributed by atoms with Crippen LogP contribution >= 0.6 is 0 Å². The molecule has 0 saturated carbocycles. The lowest BCUT2D eigenvalue weighted by atomic mass is 10.2. The van der Waals surface area contributed by atoms with Gasteiger partial charge in [-0.2, -0.15) is 22.8 Å². The Morgan fingerprint density at radius 2 is 1.71 bits per heavy atom. The monoisotopic (exact) mass is 330 g/mol. The predicted molar refractivity (Wildman–Crippen MR) is 80.9 cm³/mol. The normalized spacial score (nSPS) is 12.1. The Hall–Kier alpha value is -3.23. The van der Waals surface area contributed by atoms with E-state index in [0.717, 1.165) is 0 Å². The number of hydrogen-bond donors (Lipinski definition) is 1. The van der Waals surface area contributed by atoms with Gasteiger partial charge in [0, 0.05) is 12.3 Å². The summed E-state index contributed by atoms with van der Waals surface area (Å²) < 4.78 is 41.5. The van der Waals surface area contributed by atoms with Crippen LogP contribution in [0.25, 0.3) is 28.1 Å². The van der Waals surface area contributed by atoms with Gasteiger partial charge in [-0.05, 0) is 18.2 Å². The molecule has 120 valence electrons. The zero-order chi connectivity index (χ0) is 16.9. The number of hydrogen-bond acceptors (Lipinski definition) is 5. The third-order valence-corrected chi connectivity index (χ3v) is 3.47. The standard InChI is InChI=1S/C15H9F3N6/c16-15(17,18)14-13(21-8-3-1-2-4-9(8)22-14)10-7-12-20-6-5-11(19)24(12)23-10/h1-7H,19H2. The van der Waals surface area contributed by atoms with E-state index >= 15 is 0 Å². The van der Waals surface area contributed by atoms with E-state index in [4.69, 9.17) is 5.73 Å². The van der Waals surface area contributed by atoms with Crippen molar-refractivity contribution >= 4 is 22.5 Å². The molecule has 2 N–H and O–H groups in total. The van der Waals surface area contributed by atoms with Crippen LogP contribution in [0.3, 0.4) is 0 Å². The van der Waals surface area contributed by atoms with Crippen molar-refractivity contribution < 1.29 is 13.2 Å². The molecule has 0 amide bonds. The Balaban J connectivity index is 2.04. The highest BCUT2D eigenvalue weighted by Crippen LogP contribution is 2.35. The van der Waals surface area contributed by atoms with Crippen molar-refractivity contribution in [1.29, 1.82) is 0 Å². The lowest BCUT2D eigenvalue weighted by Gasteiger charge is -2.10. The van der Waals surface area contributed by atoms with E-state index in [0.29, 0.717) is 11.2 Å². The molecule has 4 rings (SSSR count). The number of alkyl halides is 3. The highest BCUT2D eigenvalue weighted by Gasteiger charge is 2.38. The van der Waals surface area contributed by atoms with Crippen molar-refractivity contribution in [2.45, 2.75) is 6.18 Å². The van der Waals surface area contributed by atoms with Crippen LogP contribution in [0.15, 0.2) is 42.6 Å². The number of anilines is 1. The first-order valence-electron chi connectivity index (χ1n) is 6.88. The molecular weight excluding hydrogens is 321 g/mol. The summed E-state index contributed by atoms with van der Waals surface area (Å²) in [6, 6.07) is 9.24. The fourth-order valence-electron chi connectivity index (χ4n) is 2.41. The van der Waals surface area contributed by atoms with Crippen LogP contribution in [0.2, 0.25) is 0 Å². The average molecular weight is 330 g/mol. The fraction of sp³-hybridized carbons (Fsp3) is 0.0667. The minimum Gasteiger partial charge on any atom is -0.384 e. The van der Waals surface area contributed by atoms with Gasteiger partial charge in [-0.25, -0.2) is 15.0 Å². The van der Waals surface area contributed by atoms with Gasteiger partial charge in [-0.15, -0.1) is 0 Å². The van der Waals surface area contributed by atoms with Gasteiger partial charge in [0.2, 0.25) is 0 Å². The predicted octanol–water partition coefficient (Wildman–Crippen LogP) is 2.94. The molecule has 0 saturated heterocycles. The summed E-state index contributed by atoms with van der Waals surface area (Å²) in [5.41, 5.74) is 5.15. The Bertz CT molecular complexity index is 1070.